The molecule has 4 heteroatoms. The monoisotopic (exact) mass is 302 g/mol. The first-order chi connectivity index (χ1) is 10.1. The van der Waals surface area contributed by atoms with E-state index in [1.807, 2.05) is 24.3 Å². The lowest BCUT2D eigenvalue weighted by Gasteiger charge is -2.07. The Morgan fingerprint density at radius 1 is 1.24 bits per heavy atom. The molecule has 0 aliphatic heterocycles. The zero-order chi connectivity index (χ0) is 15.0. The van der Waals surface area contributed by atoms with E-state index in [4.69, 9.17) is 21.4 Å². The van der Waals surface area contributed by atoms with E-state index < -0.39 is 5.97 Å². The van der Waals surface area contributed by atoms with Crippen LogP contribution < -0.4 is 4.74 Å². The summed E-state index contributed by atoms with van der Waals surface area (Å²) in [6.07, 6.45) is 0.995. The number of halogens is 1. The Morgan fingerprint density at radius 2 is 2.05 bits per heavy atom. The van der Waals surface area contributed by atoms with E-state index in [0.717, 1.165) is 23.3 Å². The lowest BCUT2D eigenvalue weighted by Crippen LogP contribution is -1.97. The van der Waals surface area contributed by atoms with Crippen LogP contribution in [-0.4, -0.2) is 18.2 Å². The van der Waals surface area contributed by atoms with E-state index in [1.54, 1.807) is 25.3 Å². The second-order valence-electron chi connectivity index (χ2n) is 5.27. The summed E-state index contributed by atoms with van der Waals surface area (Å²) in [6.45, 7) is 0. The largest absolute Gasteiger partial charge is 0.497 e. The predicted octanol–water partition coefficient (Wildman–Crippen LogP) is 4.32. The van der Waals surface area contributed by atoms with Gasteiger partial charge in [0.05, 0.1) is 12.7 Å². The van der Waals surface area contributed by atoms with Crippen molar-refractivity contribution in [3.05, 3.63) is 64.2 Å². The van der Waals surface area contributed by atoms with Crippen LogP contribution >= 0.6 is 11.6 Å². The first kappa shape index (κ1) is 14.0. The molecule has 3 nitrogen and oxygen atoms in total. The molecule has 0 spiro atoms. The molecule has 2 aromatic rings. The van der Waals surface area contributed by atoms with Gasteiger partial charge in [-0.3, -0.25) is 0 Å². The van der Waals surface area contributed by atoms with Gasteiger partial charge in [0.25, 0.3) is 0 Å². The molecule has 21 heavy (non-hydrogen) atoms. The fourth-order valence-corrected chi connectivity index (χ4v) is 3.06. The highest BCUT2D eigenvalue weighted by atomic mass is 35.5. The average molecular weight is 303 g/mol. The van der Waals surface area contributed by atoms with Gasteiger partial charge in [0.1, 0.15) is 5.75 Å². The minimum absolute atomic E-state index is 0.332. The highest BCUT2D eigenvalue weighted by Crippen LogP contribution is 2.56. The van der Waals surface area contributed by atoms with Gasteiger partial charge in [-0.25, -0.2) is 4.79 Å². The molecule has 2 atom stereocenters. The van der Waals surface area contributed by atoms with Gasteiger partial charge in [-0.1, -0.05) is 29.8 Å². The maximum Gasteiger partial charge on any atom is 0.335 e. The minimum Gasteiger partial charge on any atom is -0.497 e. The molecule has 0 heterocycles. The zero-order valence-electron chi connectivity index (χ0n) is 11.5. The van der Waals surface area contributed by atoms with Crippen LogP contribution in [0.1, 0.15) is 39.7 Å². The van der Waals surface area contributed by atoms with E-state index >= 15 is 0 Å². The summed E-state index contributed by atoms with van der Waals surface area (Å²) in [6, 6.07) is 12.9. The zero-order valence-corrected chi connectivity index (χ0v) is 12.3. The first-order valence-corrected chi connectivity index (χ1v) is 7.14. The number of carbonyl (C=O) groups is 1. The maximum atomic E-state index is 11.0. The van der Waals surface area contributed by atoms with Crippen LogP contribution in [-0.2, 0) is 0 Å². The van der Waals surface area contributed by atoms with Gasteiger partial charge in [-0.2, -0.15) is 0 Å². The van der Waals surface area contributed by atoms with Gasteiger partial charge < -0.3 is 9.84 Å². The summed E-state index contributed by atoms with van der Waals surface area (Å²) in [5.74, 6) is 0.549. The number of methoxy groups -OCH3 is 1. The normalized spacial score (nSPS) is 20.1. The average Bonchev–Trinajstić information content (AvgIpc) is 3.27. The van der Waals surface area contributed by atoms with Gasteiger partial charge in [-0.15, -0.1) is 0 Å². The van der Waals surface area contributed by atoms with E-state index in [0.29, 0.717) is 22.4 Å². The maximum absolute atomic E-state index is 11.0. The molecular weight excluding hydrogens is 288 g/mol. The molecule has 0 saturated heterocycles. The van der Waals surface area contributed by atoms with Gasteiger partial charge in [0, 0.05) is 5.02 Å². The molecule has 108 valence electrons. The Bertz CT molecular complexity index is 696. The van der Waals surface area contributed by atoms with E-state index in [9.17, 15) is 4.79 Å². The number of carboxylic acids is 1. The second-order valence-corrected chi connectivity index (χ2v) is 5.67. The van der Waals surface area contributed by atoms with Gasteiger partial charge >= 0.3 is 5.97 Å². The summed E-state index contributed by atoms with van der Waals surface area (Å²) in [4.78, 5) is 11.0. The Kier molecular flexibility index (Phi) is 3.60. The van der Waals surface area contributed by atoms with Crippen molar-refractivity contribution in [2.75, 3.05) is 7.11 Å². The number of carboxylic acid groups (broad SMARTS) is 1. The quantitative estimate of drug-likeness (QED) is 0.915. The van der Waals surface area contributed by atoms with Crippen LogP contribution in [0.3, 0.4) is 0 Å². The van der Waals surface area contributed by atoms with Crippen LogP contribution in [0.15, 0.2) is 42.5 Å². The van der Waals surface area contributed by atoms with Crippen molar-refractivity contribution in [1.82, 2.24) is 0 Å². The smallest absolute Gasteiger partial charge is 0.335 e. The molecule has 3 rings (SSSR count). The fraction of sp³-hybridized carbons (Fsp3) is 0.235. The molecule has 2 aromatic carbocycles. The number of hydrogen-bond donors (Lipinski definition) is 1. The molecule has 1 aliphatic rings. The SMILES string of the molecule is COc1ccc([C@H]2C[C@@H]2c2cccc(C(=O)O)c2)c(Cl)c1. The first-order valence-electron chi connectivity index (χ1n) is 6.77. The van der Waals surface area contributed by atoms with Crippen molar-refractivity contribution in [2.24, 2.45) is 0 Å². The Hall–Kier alpha value is -2.00. The van der Waals surface area contributed by atoms with Crippen LogP contribution in [0.2, 0.25) is 5.02 Å². The molecule has 0 radical (unpaired) electrons. The molecule has 0 aromatic heterocycles. The molecule has 0 amide bonds. The van der Waals surface area contributed by atoms with Crippen LogP contribution in [0, 0.1) is 0 Å². The van der Waals surface area contributed by atoms with Crippen molar-refractivity contribution >= 4 is 17.6 Å². The predicted molar refractivity (Wildman–Crippen MR) is 81.5 cm³/mol. The second kappa shape index (κ2) is 5.41. The van der Waals surface area contributed by atoms with Crippen molar-refractivity contribution in [3.63, 3.8) is 0 Å². The van der Waals surface area contributed by atoms with Gasteiger partial charge in [0.2, 0.25) is 0 Å². The van der Waals surface area contributed by atoms with Gasteiger partial charge in [-0.05, 0) is 53.6 Å². The summed E-state index contributed by atoms with van der Waals surface area (Å²) >= 11 is 6.30. The van der Waals surface area contributed by atoms with Crippen LogP contribution in [0.5, 0.6) is 5.75 Å². The minimum atomic E-state index is -0.892. The Labute approximate surface area is 128 Å². The third-order valence-electron chi connectivity index (χ3n) is 3.96. The summed E-state index contributed by atoms with van der Waals surface area (Å²) in [5, 5.41) is 9.77. The Balaban J connectivity index is 1.83. The standard InChI is InChI=1S/C17H15ClO3/c1-21-12-5-6-13(16(18)8-12)15-9-14(15)10-3-2-4-11(7-10)17(19)20/h2-8,14-15H,9H2,1H3,(H,19,20)/t14-,15-/m1/s1. The molecule has 1 saturated carbocycles. The number of rotatable bonds is 4. The number of aromatic carboxylic acids is 1. The molecule has 0 unspecified atom stereocenters. The summed E-state index contributed by atoms with van der Waals surface area (Å²) in [5.41, 5.74) is 2.49. The number of ether oxygens (including phenoxy) is 1. The lowest BCUT2D eigenvalue weighted by molar-refractivity contribution is 0.0697. The molecule has 1 fully saturated rings. The van der Waals surface area contributed by atoms with Crippen LogP contribution in [0.25, 0.3) is 0 Å². The van der Waals surface area contributed by atoms with E-state index in [2.05, 4.69) is 0 Å². The highest BCUT2D eigenvalue weighted by molar-refractivity contribution is 6.31. The topological polar surface area (TPSA) is 46.5 Å². The molecule has 1 aliphatic carbocycles. The third-order valence-corrected chi connectivity index (χ3v) is 4.29. The molecule has 0 bridgehead atoms. The van der Waals surface area contributed by atoms with Crippen molar-refractivity contribution < 1.29 is 14.6 Å². The van der Waals surface area contributed by atoms with Crippen LogP contribution in [0.4, 0.5) is 0 Å². The van der Waals surface area contributed by atoms with Crippen molar-refractivity contribution in [2.45, 2.75) is 18.3 Å². The van der Waals surface area contributed by atoms with E-state index in [-0.39, 0.29) is 0 Å². The lowest BCUT2D eigenvalue weighted by atomic mass is 10.0. The highest BCUT2D eigenvalue weighted by Gasteiger charge is 2.40. The Morgan fingerprint density at radius 3 is 2.71 bits per heavy atom. The molecular formula is C17H15ClO3. The van der Waals surface area contributed by atoms with Crippen molar-refractivity contribution in [1.29, 1.82) is 0 Å². The number of benzene rings is 2. The van der Waals surface area contributed by atoms with Gasteiger partial charge in [0.15, 0.2) is 0 Å². The summed E-state index contributed by atoms with van der Waals surface area (Å²) < 4.78 is 5.15. The summed E-state index contributed by atoms with van der Waals surface area (Å²) in [7, 11) is 1.61. The third kappa shape index (κ3) is 2.74. The van der Waals surface area contributed by atoms with Crippen molar-refractivity contribution in [3.8, 4) is 5.75 Å². The van der Waals surface area contributed by atoms with E-state index in [1.165, 1.54) is 0 Å². The molecule has 1 N–H and O–H groups in total. The number of hydrogen-bond acceptors (Lipinski definition) is 2. The fourth-order valence-electron chi connectivity index (χ4n) is 2.74.